The molecular weight excluding hydrogens is 316 g/mol. The smallest absolute Gasteiger partial charge is 0.253 e. The Morgan fingerprint density at radius 3 is 2.36 bits per heavy atom. The summed E-state index contributed by atoms with van der Waals surface area (Å²) in [5.74, 6) is -0.414. The van der Waals surface area contributed by atoms with E-state index < -0.39 is 5.41 Å². The summed E-state index contributed by atoms with van der Waals surface area (Å²) in [6.07, 6.45) is 0. The first-order valence-corrected chi connectivity index (χ1v) is 8.18. The quantitative estimate of drug-likeness (QED) is 0.782. The molecule has 2 aromatic carbocycles. The predicted octanol–water partition coefficient (Wildman–Crippen LogP) is 3.09. The highest BCUT2D eigenvalue weighted by Crippen LogP contribution is 2.20. The number of amides is 2. The van der Waals surface area contributed by atoms with Gasteiger partial charge in [0.2, 0.25) is 5.91 Å². The Balaban J connectivity index is 2.10. The second-order valence-electron chi connectivity index (χ2n) is 6.91. The highest BCUT2D eigenvalue weighted by molar-refractivity contribution is 6.04. The van der Waals surface area contributed by atoms with Gasteiger partial charge in [0.05, 0.1) is 17.9 Å². The molecule has 0 atom stereocenters. The topological polar surface area (TPSA) is 78.4 Å². The van der Waals surface area contributed by atoms with Crippen LogP contribution in [0.15, 0.2) is 48.5 Å². The first kappa shape index (κ1) is 18.7. The number of benzene rings is 2. The first-order chi connectivity index (χ1) is 11.8. The van der Waals surface area contributed by atoms with Gasteiger partial charge in [0.25, 0.3) is 5.91 Å². The van der Waals surface area contributed by atoms with E-state index >= 15 is 0 Å². The van der Waals surface area contributed by atoms with Crippen molar-refractivity contribution in [3.05, 3.63) is 65.2 Å². The van der Waals surface area contributed by atoms with Crippen molar-refractivity contribution in [2.24, 2.45) is 5.41 Å². The van der Waals surface area contributed by atoms with Gasteiger partial charge in [-0.3, -0.25) is 9.59 Å². The molecule has 0 spiro atoms. The monoisotopic (exact) mass is 340 g/mol. The van der Waals surface area contributed by atoms with Gasteiger partial charge in [0.15, 0.2) is 0 Å². The number of carbonyl (C=O) groups is 2. The van der Waals surface area contributed by atoms with Gasteiger partial charge in [-0.2, -0.15) is 0 Å². The van der Waals surface area contributed by atoms with Crippen LogP contribution in [0, 0.1) is 5.41 Å². The van der Waals surface area contributed by atoms with E-state index in [0.717, 1.165) is 11.1 Å². The van der Waals surface area contributed by atoms with Crippen molar-refractivity contribution in [1.29, 1.82) is 0 Å². The largest absolute Gasteiger partial charge is 0.392 e. The Hall–Kier alpha value is -2.66. The van der Waals surface area contributed by atoms with Crippen molar-refractivity contribution in [3.8, 4) is 0 Å². The Kier molecular flexibility index (Phi) is 5.93. The number of aliphatic hydroxyl groups is 1. The zero-order valence-corrected chi connectivity index (χ0v) is 14.8. The molecule has 0 bridgehead atoms. The minimum atomic E-state index is -0.547. The first-order valence-electron chi connectivity index (χ1n) is 8.18. The summed E-state index contributed by atoms with van der Waals surface area (Å²) in [5, 5.41) is 14.8. The normalized spacial score (nSPS) is 11.0. The van der Waals surface area contributed by atoms with E-state index in [-0.39, 0.29) is 18.4 Å². The van der Waals surface area contributed by atoms with Crippen molar-refractivity contribution >= 4 is 17.5 Å². The van der Waals surface area contributed by atoms with Crippen LogP contribution in [0.2, 0.25) is 0 Å². The zero-order valence-electron chi connectivity index (χ0n) is 14.8. The Morgan fingerprint density at radius 2 is 1.68 bits per heavy atom. The predicted molar refractivity (Wildman–Crippen MR) is 98.1 cm³/mol. The minimum Gasteiger partial charge on any atom is -0.392 e. The highest BCUT2D eigenvalue weighted by atomic mass is 16.3. The van der Waals surface area contributed by atoms with E-state index in [4.69, 9.17) is 0 Å². The number of hydrogen-bond donors (Lipinski definition) is 3. The molecule has 5 heteroatoms. The molecule has 0 aliphatic rings. The summed E-state index contributed by atoms with van der Waals surface area (Å²) in [5.41, 5.74) is 2.05. The number of hydrogen-bond acceptors (Lipinski definition) is 3. The van der Waals surface area contributed by atoms with Crippen LogP contribution in [0.3, 0.4) is 0 Å². The standard InChI is InChI=1S/C20H24N2O3/c1-20(2,3)19(25)22-17-10-5-4-9-16(17)18(24)21-12-14-7-6-8-15(11-14)13-23/h4-11,23H,12-13H2,1-3H3,(H,21,24)(H,22,25). The molecule has 25 heavy (non-hydrogen) atoms. The van der Waals surface area contributed by atoms with Crippen LogP contribution in [-0.2, 0) is 17.9 Å². The van der Waals surface area contributed by atoms with Crippen molar-refractivity contribution in [3.63, 3.8) is 0 Å². The third-order valence-corrected chi connectivity index (χ3v) is 3.73. The second-order valence-corrected chi connectivity index (χ2v) is 6.91. The molecule has 2 aromatic rings. The SMILES string of the molecule is CC(C)(C)C(=O)Nc1ccccc1C(=O)NCc1cccc(CO)c1. The van der Waals surface area contributed by atoms with Crippen molar-refractivity contribution < 1.29 is 14.7 Å². The molecule has 0 aromatic heterocycles. The highest BCUT2D eigenvalue weighted by Gasteiger charge is 2.23. The van der Waals surface area contributed by atoms with Crippen LogP contribution in [0.25, 0.3) is 0 Å². The molecule has 132 valence electrons. The van der Waals surface area contributed by atoms with Crippen molar-refractivity contribution in [1.82, 2.24) is 5.32 Å². The Labute approximate surface area is 148 Å². The lowest BCUT2D eigenvalue weighted by atomic mass is 9.95. The molecule has 0 fully saturated rings. The van der Waals surface area contributed by atoms with Crippen molar-refractivity contribution in [2.75, 3.05) is 5.32 Å². The maximum atomic E-state index is 12.5. The lowest BCUT2D eigenvalue weighted by molar-refractivity contribution is -0.123. The van der Waals surface area contributed by atoms with Gasteiger partial charge in [-0.05, 0) is 23.3 Å². The summed E-state index contributed by atoms with van der Waals surface area (Å²) in [4.78, 5) is 24.7. The van der Waals surface area contributed by atoms with Crippen LogP contribution in [0.5, 0.6) is 0 Å². The van der Waals surface area contributed by atoms with E-state index in [1.165, 1.54) is 0 Å². The maximum Gasteiger partial charge on any atom is 0.253 e. The maximum absolute atomic E-state index is 12.5. The summed E-state index contributed by atoms with van der Waals surface area (Å²) >= 11 is 0. The van der Waals surface area contributed by atoms with Crippen LogP contribution < -0.4 is 10.6 Å². The fourth-order valence-electron chi connectivity index (χ4n) is 2.22. The molecule has 5 nitrogen and oxygen atoms in total. The van der Waals surface area contributed by atoms with E-state index in [1.807, 2.05) is 45.0 Å². The molecule has 0 saturated heterocycles. The van der Waals surface area contributed by atoms with Crippen molar-refractivity contribution in [2.45, 2.75) is 33.9 Å². The number of anilines is 1. The van der Waals surface area contributed by atoms with Gasteiger partial charge in [0.1, 0.15) is 0 Å². The second kappa shape index (κ2) is 7.94. The molecule has 0 unspecified atom stereocenters. The number of rotatable bonds is 5. The van der Waals surface area contributed by atoms with Crippen LogP contribution in [0.1, 0.15) is 42.3 Å². The molecular formula is C20H24N2O3. The Bertz CT molecular complexity index is 764. The summed E-state index contributed by atoms with van der Waals surface area (Å²) in [6.45, 7) is 5.76. The van der Waals surface area contributed by atoms with Gasteiger partial charge < -0.3 is 15.7 Å². The number of aliphatic hydroxyl groups excluding tert-OH is 1. The molecule has 0 radical (unpaired) electrons. The summed E-state index contributed by atoms with van der Waals surface area (Å²) < 4.78 is 0. The van der Waals surface area contributed by atoms with Gasteiger partial charge in [0, 0.05) is 12.0 Å². The van der Waals surface area contributed by atoms with Crippen LogP contribution >= 0.6 is 0 Å². The molecule has 0 heterocycles. The summed E-state index contributed by atoms with van der Waals surface area (Å²) in [6, 6.07) is 14.3. The lowest BCUT2D eigenvalue weighted by Crippen LogP contribution is -2.30. The number of carbonyl (C=O) groups excluding carboxylic acids is 2. The Morgan fingerprint density at radius 1 is 1.00 bits per heavy atom. The van der Waals surface area contributed by atoms with Gasteiger partial charge in [-0.15, -0.1) is 0 Å². The van der Waals surface area contributed by atoms with E-state index in [9.17, 15) is 14.7 Å². The third-order valence-electron chi connectivity index (χ3n) is 3.73. The van der Waals surface area contributed by atoms with E-state index in [0.29, 0.717) is 17.8 Å². The lowest BCUT2D eigenvalue weighted by Gasteiger charge is -2.19. The summed E-state index contributed by atoms with van der Waals surface area (Å²) in [7, 11) is 0. The molecule has 2 rings (SSSR count). The van der Waals surface area contributed by atoms with Crippen LogP contribution in [-0.4, -0.2) is 16.9 Å². The molecule has 3 N–H and O–H groups in total. The number of nitrogens with one attached hydrogen (secondary N) is 2. The third kappa shape index (κ3) is 5.16. The fraction of sp³-hybridized carbons (Fsp3) is 0.300. The van der Waals surface area contributed by atoms with E-state index in [2.05, 4.69) is 10.6 Å². The average molecular weight is 340 g/mol. The molecule has 0 aliphatic carbocycles. The number of para-hydroxylation sites is 1. The minimum absolute atomic E-state index is 0.0382. The van der Waals surface area contributed by atoms with Gasteiger partial charge in [-0.1, -0.05) is 57.2 Å². The van der Waals surface area contributed by atoms with Crippen LogP contribution in [0.4, 0.5) is 5.69 Å². The molecule has 2 amide bonds. The zero-order chi connectivity index (χ0) is 18.4. The fourth-order valence-corrected chi connectivity index (χ4v) is 2.22. The van der Waals surface area contributed by atoms with Gasteiger partial charge >= 0.3 is 0 Å². The van der Waals surface area contributed by atoms with Gasteiger partial charge in [-0.25, -0.2) is 0 Å². The molecule has 0 saturated carbocycles. The molecule has 0 aliphatic heterocycles. The average Bonchev–Trinajstić information content (AvgIpc) is 2.59. The van der Waals surface area contributed by atoms with E-state index in [1.54, 1.807) is 24.3 Å².